The summed E-state index contributed by atoms with van der Waals surface area (Å²) < 4.78 is 4.54. The highest BCUT2D eigenvalue weighted by Crippen LogP contribution is 2.12. The Labute approximate surface area is 57.8 Å². The van der Waals surface area contributed by atoms with Crippen molar-refractivity contribution in [2.75, 3.05) is 0 Å². The summed E-state index contributed by atoms with van der Waals surface area (Å²) in [6.45, 7) is 0. The zero-order valence-corrected chi connectivity index (χ0v) is 5.32. The summed E-state index contributed by atoms with van der Waals surface area (Å²) >= 11 is 0. The molecule has 0 unspecified atom stereocenters. The first-order chi connectivity index (χ1) is 4.72. The quantitative estimate of drug-likeness (QED) is 0.388. The van der Waals surface area contributed by atoms with E-state index in [1.54, 1.807) is 0 Å². The minimum absolute atomic E-state index is 0.00431. The van der Waals surface area contributed by atoms with Gasteiger partial charge in [-0.15, -0.1) is 0 Å². The van der Waals surface area contributed by atoms with Crippen LogP contribution in [0, 0.1) is 0 Å². The summed E-state index contributed by atoms with van der Waals surface area (Å²) in [5, 5.41) is 8.92. The van der Waals surface area contributed by atoms with Gasteiger partial charge in [0, 0.05) is 6.42 Å². The molecular formula is C6H8O4. The third-order valence-electron chi connectivity index (χ3n) is 1.34. The Bertz CT molecular complexity index is 154. The van der Waals surface area contributed by atoms with Crippen molar-refractivity contribution < 1.29 is 19.4 Å². The topological polar surface area (TPSA) is 63.6 Å². The van der Waals surface area contributed by atoms with Gasteiger partial charge in [-0.3, -0.25) is 9.59 Å². The number of carbonyl (C=O) groups is 2. The molecule has 0 spiro atoms. The molecule has 1 aliphatic heterocycles. The molecule has 0 aromatic carbocycles. The van der Waals surface area contributed by atoms with Crippen LogP contribution in [-0.4, -0.2) is 29.6 Å². The molecule has 4 nitrogen and oxygen atoms in total. The number of esters is 1. The second-order valence-electron chi connectivity index (χ2n) is 2.26. The average Bonchev–Trinajstić information content (AvgIpc) is 1.85. The lowest BCUT2D eigenvalue weighted by Crippen LogP contribution is -2.33. The fourth-order valence-electron chi connectivity index (χ4n) is 0.892. The Morgan fingerprint density at radius 3 is 2.90 bits per heavy atom. The van der Waals surface area contributed by atoms with Crippen molar-refractivity contribution in [1.29, 1.82) is 0 Å². The SMILES string of the molecule is O=C[C@@H]1C[C@@H](O)CC(=O)O1. The normalized spacial score (nSPS) is 33.1. The number of cyclic esters (lactones) is 1. The maximum Gasteiger partial charge on any atom is 0.309 e. The summed E-state index contributed by atoms with van der Waals surface area (Å²) in [6.07, 6.45) is -0.687. The molecule has 1 rings (SSSR count). The van der Waals surface area contributed by atoms with Gasteiger partial charge in [0.15, 0.2) is 12.4 Å². The third kappa shape index (κ3) is 1.54. The van der Waals surface area contributed by atoms with Gasteiger partial charge in [-0.1, -0.05) is 0 Å². The molecule has 10 heavy (non-hydrogen) atoms. The molecule has 0 aromatic heterocycles. The number of aldehydes is 1. The van der Waals surface area contributed by atoms with E-state index in [4.69, 9.17) is 5.11 Å². The summed E-state index contributed by atoms with van der Waals surface area (Å²) in [5.41, 5.74) is 0. The van der Waals surface area contributed by atoms with Crippen LogP contribution in [-0.2, 0) is 14.3 Å². The third-order valence-corrected chi connectivity index (χ3v) is 1.34. The largest absolute Gasteiger partial charge is 0.454 e. The monoisotopic (exact) mass is 144 g/mol. The number of rotatable bonds is 1. The number of carbonyl (C=O) groups excluding carboxylic acids is 2. The van der Waals surface area contributed by atoms with Crippen molar-refractivity contribution in [2.45, 2.75) is 25.0 Å². The summed E-state index contributed by atoms with van der Waals surface area (Å²) in [4.78, 5) is 20.6. The first kappa shape index (κ1) is 7.21. The minimum Gasteiger partial charge on any atom is -0.454 e. The van der Waals surface area contributed by atoms with Crippen molar-refractivity contribution >= 4 is 12.3 Å². The van der Waals surface area contributed by atoms with E-state index in [-0.39, 0.29) is 12.8 Å². The van der Waals surface area contributed by atoms with Crippen LogP contribution in [0.5, 0.6) is 0 Å². The van der Waals surface area contributed by atoms with E-state index < -0.39 is 18.2 Å². The van der Waals surface area contributed by atoms with Crippen LogP contribution >= 0.6 is 0 Å². The van der Waals surface area contributed by atoms with E-state index in [9.17, 15) is 9.59 Å². The van der Waals surface area contributed by atoms with Crippen molar-refractivity contribution in [3.05, 3.63) is 0 Å². The highest BCUT2D eigenvalue weighted by atomic mass is 16.5. The van der Waals surface area contributed by atoms with Crippen molar-refractivity contribution in [2.24, 2.45) is 0 Å². The Kier molecular flexibility index (Phi) is 2.01. The fourth-order valence-corrected chi connectivity index (χ4v) is 0.892. The molecule has 4 heteroatoms. The molecule has 2 atom stereocenters. The van der Waals surface area contributed by atoms with Crippen molar-refractivity contribution in [3.63, 3.8) is 0 Å². The second-order valence-corrected chi connectivity index (χ2v) is 2.26. The fraction of sp³-hybridized carbons (Fsp3) is 0.667. The van der Waals surface area contributed by atoms with Crippen LogP contribution in [0.15, 0.2) is 0 Å². The van der Waals surface area contributed by atoms with E-state index in [1.807, 2.05) is 0 Å². The summed E-state index contributed by atoms with van der Waals surface area (Å²) in [7, 11) is 0. The molecule has 0 bridgehead atoms. The van der Waals surface area contributed by atoms with E-state index in [0.29, 0.717) is 6.29 Å². The van der Waals surface area contributed by atoms with Gasteiger partial charge >= 0.3 is 5.97 Å². The lowest BCUT2D eigenvalue weighted by molar-refractivity contribution is -0.161. The molecule has 1 N–H and O–H groups in total. The second kappa shape index (κ2) is 2.79. The molecule has 0 radical (unpaired) electrons. The predicted molar refractivity (Wildman–Crippen MR) is 31.2 cm³/mol. The highest BCUT2D eigenvalue weighted by molar-refractivity contribution is 5.74. The number of aliphatic hydroxyl groups excluding tert-OH is 1. The van der Waals surface area contributed by atoms with E-state index in [0.717, 1.165) is 0 Å². The van der Waals surface area contributed by atoms with Gasteiger partial charge < -0.3 is 9.84 Å². The van der Waals surface area contributed by atoms with Crippen molar-refractivity contribution in [3.8, 4) is 0 Å². The van der Waals surface area contributed by atoms with Gasteiger partial charge in [0.05, 0.1) is 12.5 Å². The van der Waals surface area contributed by atoms with Gasteiger partial charge in [-0.25, -0.2) is 0 Å². The van der Waals surface area contributed by atoms with Crippen LogP contribution in [0.4, 0.5) is 0 Å². The molecule has 1 heterocycles. The Morgan fingerprint density at radius 2 is 2.40 bits per heavy atom. The Hall–Kier alpha value is -0.900. The maximum atomic E-state index is 10.5. The van der Waals surface area contributed by atoms with Crippen molar-refractivity contribution in [1.82, 2.24) is 0 Å². The molecular weight excluding hydrogens is 136 g/mol. The van der Waals surface area contributed by atoms with E-state index in [1.165, 1.54) is 0 Å². The first-order valence-corrected chi connectivity index (χ1v) is 3.05. The smallest absolute Gasteiger partial charge is 0.309 e. The van der Waals surface area contributed by atoms with Crippen LogP contribution < -0.4 is 0 Å². The van der Waals surface area contributed by atoms with Crippen LogP contribution in [0.3, 0.4) is 0 Å². The summed E-state index contributed by atoms with van der Waals surface area (Å²) in [6, 6.07) is 0. The number of hydrogen-bond acceptors (Lipinski definition) is 4. The number of ether oxygens (including phenoxy) is 1. The Morgan fingerprint density at radius 1 is 1.70 bits per heavy atom. The maximum absolute atomic E-state index is 10.5. The van der Waals surface area contributed by atoms with Gasteiger partial charge in [-0.2, -0.15) is 0 Å². The zero-order valence-electron chi connectivity index (χ0n) is 5.32. The lowest BCUT2D eigenvalue weighted by Gasteiger charge is -2.21. The molecule has 0 aliphatic carbocycles. The zero-order chi connectivity index (χ0) is 7.56. The number of hydrogen-bond donors (Lipinski definition) is 1. The minimum atomic E-state index is -0.740. The highest BCUT2D eigenvalue weighted by Gasteiger charge is 2.26. The predicted octanol–water partition coefficient (Wildman–Crippen LogP) is -0.748. The van der Waals surface area contributed by atoms with Gasteiger partial charge in [0.1, 0.15) is 0 Å². The summed E-state index contributed by atoms with van der Waals surface area (Å²) in [5.74, 6) is -0.504. The van der Waals surface area contributed by atoms with Gasteiger partial charge in [0.25, 0.3) is 0 Å². The van der Waals surface area contributed by atoms with Crippen LogP contribution in [0.2, 0.25) is 0 Å². The molecule has 56 valence electrons. The molecule has 1 saturated heterocycles. The van der Waals surface area contributed by atoms with Gasteiger partial charge in [0.2, 0.25) is 0 Å². The van der Waals surface area contributed by atoms with Crippen LogP contribution in [0.1, 0.15) is 12.8 Å². The van der Waals surface area contributed by atoms with Crippen LogP contribution in [0.25, 0.3) is 0 Å². The number of aliphatic hydroxyl groups is 1. The molecule has 1 fully saturated rings. The average molecular weight is 144 g/mol. The Balaban J connectivity index is 2.50. The molecule has 1 aliphatic rings. The molecule has 0 saturated carbocycles. The van der Waals surface area contributed by atoms with Gasteiger partial charge in [-0.05, 0) is 0 Å². The van der Waals surface area contributed by atoms with E-state index >= 15 is 0 Å². The lowest BCUT2D eigenvalue weighted by atomic mass is 10.1. The first-order valence-electron chi connectivity index (χ1n) is 3.05. The molecule has 0 aromatic rings. The standard InChI is InChI=1S/C6H8O4/c7-3-5-1-4(8)2-6(9)10-5/h3-5,8H,1-2H2/t4-,5+/m1/s1. The van der Waals surface area contributed by atoms with E-state index in [2.05, 4.69) is 4.74 Å². The molecule has 0 amide bonds.